The molecule has 0 spiro atoms. The molecule has 142 valence electrons. The molecule has 1 aliphatic rings. The van der Waals surface area contributed by atoms with Crippen molar-refractivity contribution >= 4 is 28.5 Å². The van der Waals surface area contributed by atoms with Crippen LogP contribution in [0.2, 0.25) is 5.15 Å². The number of imidazole rings is 1. The zero-order chi connectivity index (χ0) is 19.1. The predicted molar refractivity (Wildman–Crippen MR) is 98.8 cm³/mol. The minimum atomic E-state index is -2.77. The molecule has 6 nitrogen and oxygen atoms in total. The van der Waals surface area contributed by atoms with E-state index in [9.17, 15) is 8.78 Å². The van der Waals surface area contributed by atoms with Gasteiger partial charge in [-0.3, -0.25) is 4.57 Å². The molecule has 1 saturated heterocycles. The summed E-state index contributed by atoms with van der Waals surface area (Å²) < 4.78 is 34.2. The Morgan fingerprint density at radius 1 is 1.19 bits per heavy atom. The largest absolute Gasteiger partial charge is 0.375 e. The standard InChI is InChI=1S/C18H18ClF2N5O/c1-10-11(2)27-8-7-25(10)15-9-14(19)23-18(24-15)26-13-6-4-3-5-12(13)22-17(26)16(20)21/h3-6,9-11,16H,7-8H2,1-2H3. The number of para-hydroxylation sites is 2. The average Bonchev–Trinajstić information content (AvgIpc) is 3.03. The van der Waals surface area contributed by atoms with E-state index >= 15 is 0 Å². The van der Waals surface area contributed by atoms with Crippen LogP contribution in [0.5, 0.6) is 0 Å². The van der Waals surface area contributed by atoms with Crippen LogP contribution in [0.25, 0.3) is 17.0 Å². The molecule has 3 heterocycles. The number of morpholine rings is 1. The highest BCUT2D eigenvalue weighted by atomic mass is 35.5. The Labute approximate surface area is 159 Å². The number of ether oxygens (including phenoxy) is 1. The first kappa shape index (κ1) is 18.1. The molecule has 2 atom stereocenters. The number of aromatic nitrogens is 4. The van der Waals surface area contributed by atoms with Crippen molar-refractivity contribution in [1.29, 1.82) is 0 Å². The van der Waals surface area contributed by atoms with Crippen molar-refractivity contribution in [2.24, 2.45) is 0 Å². The molecule has 9 heteroatoms. The number of benzene rings is 1. The molecule has 0 aliphatic carbocycles. The van der Waals surface area contributed by atoms with Crippen molar-refractivity contribution < 1.29 is 13.5 Å². The van der Waals surface area contributed by atoms with E-state index in [2.05, 4.69) is 15.0 Å². The SMILES string of the molecule is CC1OCCN(c2cc(Cl)nc(-n3c(C(F)F)nc4ccccc43)n2)C1C. The highest BCUT2D eigenvalue weighted by molar-refractivity contribution is 6.29. The molecule has 2 aromatic heterocycles. The number of halogens is 3. The third-order valence-corrected chi connectivity index (χ3v) is 5.02. The summed E-state index contributed by atoms with van der Waals surface area (Å²) in [5.41, 5.74) is 0.954. The lowest BCUT2D eigenvalue weighted by Crippen LogP contribution is -2.49. The van der Waals surface area contributed by atoms with Gasteiger partial charge >= 0.3 is 0 Å². The summed E-state index contributed by atoms with van der Waals surface area (Å²) in [4.78, 5) is 14.8. The van der Waals surface area contributed by atoms with Crippen molar-refractivity contribution in [2.45, 2.75) is 32.4 Å². The third kappa shape index (κ3) is 3.23. The Morgan fingerprint density at radius 3 is 2.74 bits per heavy atom. The van der Waals surface area contributed by atoms with E-state index in [1.807, 2.05) is 18.7 Å². The van der Waals surface area contributed by atoms with E-state index in [4.69, 9.17) is 16.3 Å². The van der Waals surface area contributed by atoms with E-state index in [0.29, 0.717) is 30.0 Å². The minimum Gasteiger partial charge on any atom is -0.375 e. The molecule has 0 amide bonds. The Balaban J connectivity index is 1.87. The summed E-state index contributed by atoms with van der Waals surface area (Å²) >= 11 is 6.22. The molecule has 1 fully saturated rings. The number of nitrogens with zero attached hydrogens (tertiary/aromatic N) is 5. The lowest BCUT2D eigenvalue weighted by atomic mass is 10.1. The van der Waals surface area contributed by atoms with Gasteiger partial charge in [0.2, 0.25) is 5.95 Å². The first-order valence-electron chi connectivity index (χ1n) is 8.64. The summed E-state index contributed by atoms with van der Waals surface area (Å²) in [6.45, 7) is 5.19. The topological polar surface area (TPSA) is 56.1 Å². The molecule has 3 aromatic rings. The van der Waals surface area contributed by atoms with E-state index < -0.39 is 12.2 Å². The molecular weight excluding hydrogens is 376 g/mol. The zero-order valence-electron chi connectivity index (χ0n) is 14.8. The number of rotatable bonds is 3. The summed E-state index contributed by atoms with van der Waals surface area (Å²) in [5, 5.41) is 0.180. The van der Waals surface area contributed by atoms with Crippen LogP contribution >= 0.6 is 11.6 Å². The van der Waals surface area contributed by atoms with E-state index in [1.165, 1.54) is 4.57 Å². The average molecular weight is 394 g/mol. The number of alkyl halides is 2. The molecule has 0 N–H and O–H groups in total. The van der Waals surface area contributed by atoms with Crippen LogP contribution in [-0.4, -0.2) is 44.8 Å². The summed E-state index contributed by atoms with van der Waals surface area (Å²) in [6, 6.07) is 8.59. The van der Waals surface area contributed by atoms with Crippen LogP contribution in [0, 0.1) is 0 Å². The molecule has 2 unspecified atom stereocenters. The van der Waals surface area contributed by atoms with Gasteiger partial charge in [0.25, 0.3) is 6.43 Å². The van der Waals surface area contributed by atoms with Crippen LogP contribution in [-0.2, 0) is 4.74 Å². The summed E-state index contributed by atoms with van der Waals surface area (Å²) in [6.07, 6.45) is -2.76. The Hall–Kier alpha value is -2.32. The van der Waals surface area contributed by atoms with Crippen LogP contribution in [0.1, 0.15) is 26.1 Å². The molecule has 4 rings (SSSR count). The number of anilines is 1. The Morgan fingerprint density at radius 2 is 1.96 bits per heavy atom. The van der Waals surface area contributed by atoms with Gasteiger partial charge in [0, 0.05) is 12.6 Å². The van der Waals surface area contributed by atoms with Gasteiger partial charge in [-0.1, -0.05) is 23.7 Å². The maximum Gasteiger partial charge on any atom is 0.296 e. The van der Waals surface area contributed by atoms with Gasteiger partial charge < -0.3 is 9.64 Å². The lowest BCUT2D eigenvalue weighted by molar-refractivity contribution is 0.0281. The molecule has 1 aliphatic heterocycles. The first-order valence-corrected chi connectivity index (χ1v) is 9.02. The highest BCUT2D eigenvalue weighted by Gasteiger charge is 2.28. The normalized spacial score (nSPS) is 20.6. The molecule has 0 bridgehead atoms. The maximum atomic E-state index is 13.6. The quantitative estimate of drug-likeness (QED) is 0.629. The highest BCUT2D eigenvalue weighted by Crippen LogP contribution is 2.29. The van der Waals surface area contributed by atoms with Crippen molar-refractivity contribution in [3.8, 4) is 5.95 Å². The van der Waals surface area contributed by atoms with Crippen LogP contribution in [0.3, 0.4) is 0 Å². The number of hydrogen-bond acceptors (Lipinski definition) is 5. The van der Waals surface area contributed by atoms with Gasteiger partial charge in [0.1, 0.15) is 11.0 Å². The fourth-order valence-electron chi connectivity index (χ4n) is 3.30. The van der Waals surface area contributed by atoms with Crippen LogP contribution < -0.4 is 4.90 Å². The molecule has 1 aromatic carbocycles. The van der Waals surface area contributed by atoms with Crippen LogP contribution in [0.4, 0.5) is 14.6 Å². The minimum absolute atomic E-state index is 0.0154. The second-order valence-electron chi connectivity index (χ2n) is 6.45. The Bertz CT molecular complexity index is 980. The van der Waals surface area contributed by atoms with Gasteiger partial charge in [0.15, 0.2) is 5.82 Å². The molecule has 0 radical (unpaired) electrons. The molecular formula is C18H18ClF2N5O. The van der Waals surface area contributed by atoms with E-state index in [-0.39, 0.29) is 23.2 Å². The smallest absolute Gasteiger partial charge is 0.296 e. The second-order valence-corrected chi connectivity index (χ2v) is 6.84. The Kier molecular flexibility index (Phi) is 4.69. The van der Waals surface area contributed by atoms with Gasteiger partial charge in [-0.25, -0.2) is 18.7 Å². The van der Waals surface area contributed by atoms with Gasteiger partial charge in [0.05, 0.1) is 29.8 Å². The first-order chi connectivity index (χ1) is 13.0. The van der Waals surface area contributed by atoms with E-state index in [0.717, 1.165) is 0 Å². The van der Waals surface area contributed by atoms with E-state index in [1.54, 1.807) is 30.3 Å². The fraction of sp³-hybridized carbons (Fsp3) is 0.389. The monoisotopic (exact) mass is 393 g/mol. The number of hydrogen-bond donors (Lipinski definition) is 0. The van der Waals surface area contributed by atoms with Crippen molar-refractivity contribution in [3.05, 3.63) is 41.3 Å². The third-order valence-electron chi connectivity index (χ3n) is 4.83. The fourth-order valence-corrected chi connectivity index (χ4v) is 3.47. The van der Waals surface area contributed by atoms with Gasteiger partial charge in [-0.2, -0.15) is 4.98 Å². The number of fused-ring (bicyclic) bond motifs is 1. The zero-order valence-corrected chi connectivity index (χ0v) is 15.6. The lowest BCUT2D eigenvalue weighted by Gasteiger charge is -2.38. The van der Waals surface area contributed by atoms with Crippen molar-refractivity contribution in [2.75, 3.05) is 18.1 Å². The maximum absolute atomic E-state index is 13.6. The van der Waals surface area contributed by atoms with Gasteiger partial charge in [-0.05, 0) is 26.0 Å². The van der Waals surface area contributed by atoms with Crippen molar-refractivity contribution in [3.63, 3.8) is 0 Å². The molecule has 0 saturated carbocycles. The predicted octanol–water partition coefficient (Wildman–Crippen LogP) is 4.02. The second kappa shape index (κ2) is 7.01. The van der Waals surface area contributed by atoms with Crippen molar-refractivity contribution in [1.82, 2.24) is 19.5 Å². The van der Waals surface area contributed by atoms with Gasteiger partial charge in [-0.15, -0.1) is 0 Å². The molecule has 27 heavy (non-hydrogen) atoms. The summed E-state index contributed by atoms with van der Waals surface area (Å²) in [7, 11) is 0. The van der Waals surface area contributed by atoms with Crippen LogP contribution in [0.15, 0.2) is 30.3 Å². The summed E-state index contributed by atoms with van der Waals surface area (Å²) in [5.74, 6) is 0.242.